The number of nitrogens with two attached hydrogens (primary N) is 1. The Labute approximate surface area is 141 Å². The number of halogens is 3. The Morgan fingerprint density at radius 2 is 2.13 bits per heavy atom. The van der Waals surface area contributed by atoms with Gasteiger partial charge in [0.1, 0.15) is 11.6 Å². The fourth-order valence-corrected chi connectivity index (χ4v) is 2.82. The standard InChI is InChI=1S/C16H23F2N3O.ClH/c17-13-5-4-12(15(18)9-13)11-21-8-2-1-3-14(21)10-20-16(22)6-7-19;/h4-5,9,14H,1-3,6-8,10-11,19H2,(H,20,22);1H. The van der Waals surface area contributed by atoms with Crippen LogP contribution in [0.3, 0.4) is 0 Å². The molecule has 2 rings (SSSR count). The van der Waals surface area contributed by atoms with E-state index >= 15 is 0 Å². The van der Waals surface area contributed by atoms with Crippen LogP contribution in [-0.4, -0.2) is 36.5 Å². The molecule has 4 nitrogen and oxygen atoms in total. The van der Waals surface area contributed by atoms with Gasteiger partial charge in [0.25, 0.3) is 0 Å². The van der Waals surface area contributed by atoms with Gasteiger partial charge in [0.2, 0.25) is 5.91 Å². The van der Waals surface area contributed by atoms with Gasteiger partial charge in [0.05, 0.1) is 0 Å². The third-order valence-corrected chi connectivity index (χ3v) is 4.04. The summed E-state index contributed by atoms with van der Waals surface area (Å²) >= 11 is 0. The van der Waals surface area contributed by atoms with Gasteiger partial charge in [-0.3, -0.25) is 9.69 Å². The van der Waals surface area contributed by atoms with Crippen LogP contribution < -0.4 is 11.1 Å². The van der Waals surface area contributed by atoms with Crippen molar-refractivity contribution >= 4 is 18.3 Å². The van der Waals surface area contributed by atoms with Crippen molar-refractivity contribution in [3.05, 3.63) is 35.4 Å². The summed E-state index contributed by atoms with van der Waals surface area (Å²) in [6.07, 6.45) is 3.43. The topological polar surface area (TPSA) is 58.4 Å². The fraction of sp³-hybridized carbons (Fsp3) is 0.562. The monoisotopic (exact) mass is 347 g/mol. The summed E-state index contributed by atoms with van der Waals surface area (Å²) in [5.41, 5.74) is 5.84. The fourth-order valence-electron chi connectivity index (χ4n) is 2.82. The summed E-state index contributed by atoms with van der Waals surface area (Å²) in [6, 6.07) is 3.86. The number of amides is 1. The van der Waals surface area contributed by atoms with Gasteiger partial charge < -0.3 is 11.1 Å². The Morgan fingerprint density at radius 3 is 2.83 bits per heavy atom. The zero-order chi connectivity index (χ0) is 15.9. The molecule has 0 aliphatic carbocycles. The minimum Gasteiger partial charge on any atom is -0.354 e. The van der Waals surface area contributed by atoms with Gasteiger partial charge in [-0.25, -0.2) is 8.78 Å². The minimum absolute atomic E-state index is 0. The maximum absolute atomic E-state index is 13.8. The van der Waals surface area contributed by atoms with E-state index < -0.39 is 11.6 Å². The Balaban J connectivity index is 0.00000264. The minimum atomic E-state index is -0.564. The highest BCUT2D eigenvalue weighted by Gasteiger charge is 2.23. The van der Waals surface area contributed by atoms with Crippen LogP contribution in [0, 0.1) is 11.6 Å². The highest BCUT2D eigenvalue weighted by Crippen LogP contribution is 2.21. The molecule has 0 radical (unpaired) electrons. The predicted molar refractivity (Wildman–Crippen MR) is 88.3 cm³/mol. The van der Waals surface area contributed by atoms with Crippen molar-refractivity contribution in [2.45, 2.75) is 38.3 Å². The maximum atomic E-state index is 13.8. The molecule has 0 aromatic heterocycles. The molecule has 3 N–H and O–H groups in total. The van der Waals surface area contributed by atoms with Crippen molar-refractivity contribution in [2.24, 2.45) is 5.73 Å². The molecule has 1 fully saturated rings. The molecule has 0 bridgehead atoms. The summed E-state index contributed by atoms with van der Waals surface area (Å²) in [5, 5.41) is 2.88. The molecular formula is C16H24ClF2N3O. The van der Waals surface area contributed by atoms with Crippen LogP contribution >= 0.6 is 12.4 Å². The van der Waals surface area contributed by atoms with Gasteiger partial charge in [-0.05, 0) is 25.5 Å². The number of nitrogens with zero attached hydrogens (tertiary/aromatic N) is 1. The van der Waals surface area contributed by atoms with Gasteiger partial charge in [-0.2, -0.15) is 0 Å². The van der Waals surface area contributed by atoms with E-state index in [9.17, 15) is 13.6 Å². The average Bonchev–Trinajstić information content (AvgIpc) is 2.49. The molecule has 1 saturated heterocycles. The summed E-state index contributed by atoms with van der Waals surface area (Å²) in [5.74, 6) is -1.14. The van der Waals surface area contributed by atoms with E-state index in [4.69, 9.17) is 5.73 Å². The molecule has 1 aromatic rings. The predicted octanol–water partition coefficient (Wildman–Crippen LogP) is 2.21. The van der Waals surface area contributed by atoms with Gasteiger partial charge in [0, 0.05) is 43.7 Å². The number of likely N-dealkylation sites (tertiary alicyclic amines) is 1. The number of hydrogen-bond acceptors (Lipinski definition) is 3. The molecule has 130 valence electrons. The third kappa shape index (κ3) is 6.05. The van der Waals surface area contributed by atoms with Crippen LogP contribution in [0.4, 0.5) is 8.78 Å². The van der Waals surface area contributed by atoms with Crippen molar-refractivity contribution in [1.82, 2.24) is 10.2 Å². The number of nitrogens with one attached hydrogen (secondary N) is 1. The molecule has 0 spiro atoms. The highest BCUT2D eigenvalue weighted by molar-refractivity contribution is 5.85. The van der Waals surface area contributed by atoms with Crippen LogP contribution in [0.1, 0.15) is 31.2 Å². The van der Waals surface area contributed by atoms with E-state index in [0.717, 1.165) is 31.9 Å². The molecule has 1 aliphatic heterocycles. The first kappa shape index (κ1) is 19.8. The number of carbonyl (C=O) groups is 1. The van der Waals surface area contributed by atoms with E-state index in [0.29, 0.717) is 31.6 Å². The number of rotatable bonds is 6. The Kier molecular flexibility index (Phi) is 8.44. The number of piperidine rings is 1. The summed E-state index contributed by atoms with van der Waals surface area (Å²) in [6.45, 7) is 2.17. The summed E-state index contributed by atoms with van der Waals surface area (Å²) < 4.78 is 26.8. The molecule has 0 saturated carbocycles. The quantitative estimate of drug-likeness (QED) is 0.829. The SMILES string of the molecule is Cl.NCCC(=O)NCC1CCCCN1Cc1ccc(F)cc1F. The lowest BCUT2D eigenvalue weighted by Crippen LogP contribution is -2.46. The lowest BCUT2D eigenvalue weighted by atomic mass is 10.0. The van der Waals surface area contributed by atoms with Crippen LogP contribution in [0.25, 0.3) is 0 Å². The smallest absolute Gasteiger partial charge is 0.221 e. The second kappa shape index (κ2) is 9.80. The summed E-state index contributed by atoms with van der Waals surface area (Å²) in [7, 11) is 0. The first-order valence-electron chi connectivity index (χ1n) is 7.75. The van der Waals surface area contributed by atoms with Crippen LogP contribution in [0.15, 0.2) is 18.2 Å². The van der Waals surface area contributed by atoms with Crippen molar-refractivity contribution in [3.8, 4) is 0 Å². The molecule has 1 heterocycles. The molecule has 23 heavy (non-hydrogen) atoms. The van der Waals surface area contributed by atoms with Gasteiger partial charge in [0.15, 0.2) is 0 Å². The molecule has 7 heteroatoms. The molecule has 1 aliphatic rings. The van der Waals surface area contributed by atoms with Gasteiger partial charge in [-0.15, -0.1) is 12.4 Å². The van der Waals surface area contributed by atoms with E-state index in [1.165, 1.54) is 12.1 Å². The number of carbonyl (C=O) groups excluding carboxylic acids is 1. The normalized spacial score (nSPS) is 18.3. The molecule has 1 atom stereocenters. The molecule has 1 aromatic carbocycles. The van der Waals surface area contributed by atoms with E-state index in [1.807, 2.05) is 0 Å². The zero-order valence-corrected chi connectivity index (χ0v) is 13.9. The average molecular weight is 348 g/mol. The van der Waals surface area contributed by atoms with Crippen LogP contribution in [0.5, 0.6) is 0 Å². The van der Waals surface area contributed by atoms with Gasteiger partial charge in [-0.1, -0.05) is 12.5 Å². The zero-order valence-electron chi connectivity index (χ0n) is 13.1. The van der Waals surface area contributed by atoms with Crippen molar-refractivity contribution in [3.63, 3.8) is 0 Å². The lowest BCUT2D eigenvalue weighted by molar-refractivity contribution is -0.121. The van der Waals surface area contributed by atoms with E-state index in [-0.39, 0.29) is 24.4 Å². The Hall–Kier alpha value is -1.24. The Morgan fingerprint density at radius 1 is 1.35 bits per heavy atom. The van der Waals surface area contributed by atoms with Crippen molar-refractivity contribution < 1.29 is 13.6 Å². The first-order valence-corrected chi connectivity index (χ1v) is 7.75. The second-order valence-electron chi connectivity index (χ2n) is 5.70. The summed E-state index contributed by atoms with van der Waals surface area (Å²) in [4.78, 5) is 13.7. The first-order chi connectivity index (χ1) is 10.6. The third-order valence-electron chi connectivity index (χ3n) is 4.04. The van der Waals surface area contributed by atoms with Crippen molar-refractivity contribution in [1.29, 1.82) is 0 Å². The second-order valence-corrected chi connectivity index (χ2v) is 5.70. The largest absolute Gasteiger partial charge is 0.354 e. The molecule has 1 unspecified atom stereocenters. The number of hydrogen-bond donors (Lipinski definition) is 2. The maximum Gasteiger partial charge on any atom is 0.221 e. The molecular weight excluding hydrogens is 324 g/mol. The van der Waals surface area contributed by atoms with E-state index in [1.54, 1.807) is 0 Å². The van der Waals surface area contributed by atoms with Crippen LogP contribution in [-0.2, 0) is 11.3 Å². The van der Waals surface area contributed by atoms with E-state index in [2.05, 4.69) is 10.2 Å². The number of benzene rings is 1. The Bertz CT molecular complexity index is 516. The van der Waals surface area contributed by atoms with Crippen molar-refractivity contribution in [2.75, 3.05) is 19.6 Å². The van der Waals surface area contributed by atoms with Crippen LogP contribution in [0.2, 0.25) is 0 Å². The molecule has 1 amide bonds. The highest BCUT2D eigenvalue weighted by atomic mass is 35.5. The van der Waals surface area contributed by atoms with Gasteiger partial charge >= 0.3 is 0 Å². The lowest BCUT2D eigenvalue weighted by Gasteiger charge is -2.36.